The molecule has 0 aliphatic carbocycles. The molecule has 22 heavy (non-hydrogen) atoms. The van der Waals surface area contributed by atoms with Gasteiger partial charge in [-0.1, -0.05) is 54.7 Å². The lowest BCUT2D eigenvalue weighted by Gasteiger charge is -2.19. The number of likely N-dealkylation sites (N-methyl/N-ethyl adjacent to an activating group) is 1. The molecular formula is C16H14ClN3OS. The van der Waals surface area contributed by atoms with Crippen LogP contribution in [0.5, 0.6) is 0 Å². The van der Waals surface area contributed by atoms with Crippen LogP contribution in [-0.2, 0) is 4.79 Å². The maximum absolute atomic E-state index is 12.5. The molecule has 6 heteroatoms. The van der Waals surface area contributed by atoms with Gasteiger partial charge in [-0.25, -0.2) is 4.72 Å². The van der Waals surface area contributed by atoms with Crippen LogP contribution < -0.4 is 9.62 Å². The van der Waals surface area contributed by atoms with E-state index < -0.39 is 6.17 Å². The lowest BCUT2D eigenvalue weighted by atomic mass is 10.0. The van der Waals surface area contributed by atoms with Gasteiger partial charge < -0.3 is 4.90 Å². The van der Waals surface area contributed by atoms with E-state index in [1.54, 1.807) is 18.0 Å². The summed E-state index contributed by atoms with van der Waals surface area (Å²) in [6.45, 7) is 0. The molecule has 1 unspecified atom stereocenters. The molecule has 0 aromatic heterocycles. The highest BCUT2D eigenvalue weighted by atomic mass is 35.5. The zero-order valence-electron chi connectivity index (χ0n) is 11.8. The minimum atomic E-state index is -0.755. The molecule has 0 spiro atoms. The predicted molar refractivity (Wildman–Crippen MR) is 92.9 cm³/mol. The second-order valence-electron chi connectivity index (χ2n) is 4.93. The van der Waals surface area contributed by atoms with Gasteiger partial charge in [-0.2, -0.15) is 0 Å². The van der Waals surface area contributed by atoms with Crippen LogP contribution in [0.15, 0.2) is 53.5 Å². The molecule has 0 bridgehead atoms. The van der Waals surface area contributed by atoms with Crippen molar-refractivity contribution in [3.8, 4) is 0 Å². The molecule has 2 aromatic carbocycles. The average molecular weight is 332 g/mol. The van der Waals surface area contributed by atoms with Crippen LogP contribution >= 0.6 is 24.4 Å². The quantitative estimate of drug-likeness (QED) is 0.831. The average Bonchev–Trinajstić information content (AvgIpc) is 2.64. The minimum Gasteiger partial charge on any atom is -0.312 e. The fourth-order valence-corrected chi connectivity index (χ4v) is 2.80. The number of anilines is 1. The molecule has 1 aliphatic rings. The van der Waals surface area contributed by atoms with Gasteiger partial charge >= 0.3 is 0 Å². The Hall–Kier alpha value is -1.82. The maximum Gasteiger partial charge on any atom is 0.267 e. The van der Waals surface area contributed by atoms with E-state index in [1.165, 1.54) is 0 Å². The minimum absolute atomic E-state index is 0.176. The van der Waals surface area contributed by atoms with Crippen molar-refractivity contribution in [2.75, 3.05) is 11.9 Å². The Kier molecular flexibility index (Phi) is 4.20. The van der Waals surface area contributed by atoms with Gasteiger partial charge in [0, 0.05) is 23.2 Å². The molecule has 1 atom stereocenters. The molecule has 3 rings (SSSR count). The number of nitrogens with zero attached hydrogens (tertiary/aromatic N) is 2. The molecule has 0 saturated carbocycles. The summed E-state index contributed by atoms with van der Waals surface area (Å²) < 4.78 is 2.66. The van der Waals surface area contributed by atoms with Crippen molar-refractivity contribution in [3.63, 3.8) is 0 Å². The maximum atomic E-state index is 12.5. The van der Waals surface area contributed by atoms with E-state index in [0.717, 1.165) is 16.8 Å². The number of hydrogen-bond acceptors (Lipinski definition) is 4. The van der Waals surface area contributed by atoms with E-state index in [1.807, 2.05) is 42.5 Å². The van der Waals surface area contributed by atoms with Crippen molar-refractivity contribution in [1.29, 1.82) is 0 Å². The molecule has 0 saturated heterocycles. The third kappa shape index (κ3) is 2.63. The number of aliphatic imine (C=N–C) groups is 1. The summed E-state index contributed by atoms with van der Waals surface area (Å²) in [6.07, 6.45) is -0.755. The highest BCUT2D eigenvalue weighted by molar-refractivity contribution is 7.78. The Bertz CT molecular complexity index is 748. The number of hydrogen-bond donors (Lipinski definition) is 2. The van der Waals surface area contributed by atoms with Gasteiger partial charge in [0.1, 0.15) is 0 Å². The number of benzodiazepines with no additional fused rings is 1. The van der Waals surface area contributed by atoms with Crippen molar-refractivity contribution in [3.05, 3.63) is 64.7 Å². The van der Waals surface area contributed by atoms with E-state index in [4.69, 9.17) is 11.6 Å². The zero-order valence-corrected chi connectivity index (χ0v) is 13.5. The van der Waals surface area contributed by atoms with E-state index in [2.05, 4.69) is 22.5 Å². The van der Waals surface area contributed by atoms with Crippen molar-refractivity contribution < 1.29 is 4.79 Å². The molecule has 0 radical (unpaired) electrons. The first-order valence-electron chi connectivity index (χ1n) is 6.72. The zero-order chi connectivity index (χ0) is 15.7. The van der Waals surface area contributed by atoms with Gasteiger partial charge in [-0.05, 0) is 18.2 Å². The van der Waals surface area contributed by atoms with E-state index >= 15 is 0 Å². The molecular weight excluding hydrogens is 318 g/mol. The second kappa shape index (κ2) is 6.12. The fraction of sp³-hybridized carbons (Fsp3) is 0.125. The lowest BCUT2D eigenvalue weighted by Crippen LogP contribution is -2.40. The Balaban J connectivity index is 2.27. The number of rotatable bonds is 2. The summed E-state index contributed by atoms with van der Waals surface area (Å²) in [5, 5.41) is 0.598. The number of carbonyl (C=O) groups is 1. The topological polar surface area (TPSA) is 44.7 Å². The third-order valence-electron chi connectivity index (χ3n) is 3.57. The number of thiol groups is 1. The van der Waals surface area contributed by atoms with Crippen LogP contribution in [0.3, 0.4) is 0 Å². The summed E-state index contributed by atoms with van der Waals surface area (Å²) in [5.41, 5.74) is 3.22. The monoisotopic (exact) mass is 331 g/mol. The largest absolute Gasteiger partial charge is 0.312 e. The molecule has 1 N–H and O–H groups in total. The summed E-state index contributed by atoms with van der Waals surface area (Å²) in [6, 6.07) is 15.1. The van der Waals surface area contributed by atoms with Crippen LogP contribution in [-0.4, -0.2) is 24.8 Å². The first kappa shape index (κ1) is 15.1. The Labute approximate surface area is 139 Å². The molecule has 1 aliphatic heterocycles. The van der Waals surface area contributed by atoms with Crippen LogP contribution in [0.2, 0.25) is 5.02 Å². The Morgan fingerprint density at radius 2 is 1.95 bits per heavy atom. The number of amides is 1. The first-order chi connectivity index (χ1) is 10.6. The Morgan fingerprint density at radius 1 is 1.23 bits per heavy atom. The molecule has 1 heterocycles. The molecule has 2 aromatic rings. The third-order valence-corrected chi connectivity index (χ3v) is 4.05. The van der Waals surface area contributed by atoms with Crippen molar-refractivity contribution in [2.24, 2.45) is 4.99 Å². The standard InChI is InChI=1S/C16H14ClN3OS/c1-20-13-8-7-11(17)9-12(13)14(10-5-3-2-4-6-10)18-15(19-22)16(20)21/h2-9,15,19,22H,1H3. The number of nitrogens with one attached hydrogen (secondary N) is 1. The number of benzene rings is 2. The number of halogens is 1. The fourth-order valence-electron chi connectivity index (χ4n) is 2.46. The highest BCUT2D eigenvalue weighted by Crippen LogP contribution is 2.29. The first-order valence-corrected chi connectivity index (χ1v) is 7.54. The smallest absolute Gasteiger partial charge is 0.267 e. The van der Waals surface area contributed by atoms with Crippen LogP contribution in [0.4, 0.5) is 5.69 Å². The van der Waals surface area contributed by atoms with E-state index in [0.29, 0.717) is 10.7 Å². The van der Waals surface area contributed by atoms with Gasteiger partial charge in [0.15, 0.2) is 6.17 Å². The van der Waals surface area contributed by atoms with E-state index in [-0.39, 0.29) is 5.91 Å². The molecule has 4 nitrogen and oxygen atoms in total. The molecule has 1 amide bonds. The molecule has 0 fully saturated rings. The number of fused-ring (bicyclic) bond motifs is 1. The van der Waals surface area contributed by atoms with Crippen LogP contribution in [0.25, 0.3) is 0 Å². The van der Waals surface area contributed by atoms with Gasteiger partial charge in [-0.3, -0.25) is 9.79 Å². The number of carbonyl (C=O) groups excluding carboxylic acids is 1. The normalized spacial score (nSPS) is 17.8. The van der Waals surface area contributed by atoms with Crippen molar-refractivity contribution in [1.82, 2.24) is 4.72 Å². The van der Waals surface area contributed by atoms with Gasteiger partial charge in [0.2, 0.25) is 0 Å². The van der Waals surface area contributed by atoms with Gasteiger partial charge in [0.25, 0.3) is 5.91 Å². The lowest BCUT2D eigenvalue weighted by molar-refractivity contribution is -0.119. The second-order valence-corrected chi connectivity index (χ2v) is 5.63. The summed E-state index contributed by atoms with van der Waals surface area (Å²) in [5.74, 6) is -0.176. The Morgan fingerprint density at radius 3 is 2.64 bits per heavy atom. The van der Waals surface area contributed by atoms with E-state index in [9.17, 15) is 4.79 Å². The predicted octanol–water partition coefficient (Wildman–Crippen LogP) is 2.91. The highest BCUT2D eigenvalue weighted by Gasteiger charge is 2.29. The van der Waals surface area contributed by atoms with Crippen molar-refractivity contribution in [2.45, 2.75) is 6.17 Å². The molecule has 112 valence electrons. The summed E-state index contributed by atoms with van der Waals surface area (Å²) >= 11 is 10.2. The van der Waals surface area contributed by atoms with Gasteiger partial charge in [-0.15, -0.1) is 0 Å². The van der Waals surface area contributed by atoms with Crippen LogP contribution in [0.1, 0.15) is 11.1 Å². The van der Waals surface area contributed by atoms with Crippen LogP contribution in [0, 0.1) is 0 Å². The SMILES string of the molecule is CN1C(=O)C(NS)N=C(c2ccccc2)c2cc(Cl)ccc21. The van der Waals surface area contributed by atoms with Gasteiger partial charge in [0.05, 0.1) is 11.4 Å². The summed E-state index contributed by atoms with van der Waals surface area (Å²) in [7, 11) is 1.72. The summed E-state index contributed by atoms with van der Waals surface area (Å²) in [4.78, 5) is 18.6. The van der Waals surface area contributed by atoms with Crippen molar-refractivity contribution >= 4 is 41.7 Å².